The number of thioether (sulfide) groups is 1. The van der Waals surface area contributed by atoms with Crippen molar-refractivity contribution in [3.8, 4) is 0 Å². The van der Waals surface area contributed by atoms with Crippen molar-refractivity contribution in [1.29, 1.82) is 0 Å². The Balaban J connectivity index is 2.12. The van der Waals surface area contributed by atoms with Gasteiger partial charge in [0.25, 0.3) is 0 Å². The van der Waals surface area contributed by atoms with E-state index in [9.17, 15) is 0 Å². The third-order valence-electron chi connectivity index (χ3n) is 2.64. The van der Waals surface area contributed by atoms with Crippen LogP contribution in [-0.4, -0.2) is 22.6 Å². The molecule has 1 N–H and O–H groups in total. The van der Waals surface area contributed by atoms with Crippen molar-refractivity contribution in [3.05, 3.63) is 0 Å². The van der Waals surface area contributed by atoms with Crippen molar-refractivity contribution in [2.24, 2.45) is 0 Å². The largest absolute Gasteiger partial charge is 0.311 e. The predicted octanol–water partition coefficient (Wildman–Crippen LogP) is 3.44. The number of rotatable bonds is 4. The van der Waals surface area contributed by atoms with Crippen LogP contribution in [0.1, 0.15) is 53.4 Å². The van der Waals surface area contributed by atoms with Crippen molar-refractivity contribution < 1.29 is 0 Å². The van der Waals surface area contributed by atoms with Gasteiger partial charge in [0.15, 0.2) is 0 Å². The molecule has 0 heterocycles. The summed E-state index contributed by atoms with van der Waals surface area (Å²) in [6.07, 6.45) is 5.64. The number of hydrogen-bond acceptors (Lipinski definition) is 2. The van der Waals surface area contributed by atoms with Crippen LogP contribution in [-0.2, 0) is 0 Å². The molecule has 1 nitrogen and oxygen atoms in total. The van der Waals surface area contributed by atoms with Crippen molar-refractivity contribution in [2.45, 2.75) is 70.2 Å². The molecule has 1 aliphatic carbocycles. The first-order valence-electron chi connectivity index (χ1n) is 5.87. The average Bonchev–Trinajstić information content (AvgIpc) is 2.52. The minimum absolute atomic E-state index is 0.408. The van der Waals surface area contributed by atoms with Crippen LogP contribution in [0.25, 0.3) is 0 Å². The van der Waals surface area contributed by atoms with Gasteiger partial charge in [-0.15, -0.1) is 0 Å². The van der Waals surface area contributed by atoms with E-state index in [1.54, 1.807) is 0 Å². The fourth-order valence-corrected chi connectivity index (χ4v) is 2.76. The van der Waals surface area contributed by atoms with Gasteiger partial charge in [-0.05, 0) is 19.8 Å². The maximum atomic E-state index is 3.73. The summed E-state index contributed by atoms with van der Waals surface area (Å²) >= 11 is 2.06. The van der Waals surface area contributed by atoms with E-state index in [4.69, 9.17) is 0 Å². The topological polar surface area (TPSA) is 12.0 Å². The second-order valence-electron chi connectivity index (χ2n) is 5.47. The molecule has 0 spiro atoms. The molecule has 1 atom stereocenters. The molecule has 0 radical (unpaired) electrons. The van der Waals surface area contributed by atoms with Gasteiger partial charge < -0.3 is 5.32 Å². The van der Waals surface area contributed by atoms with Crippen LogP contribution in [0.2, 0.25) is 0 Å². The van der Waals surface area contributed by atoms with Crippen LogP contribution in [0.4, 0.5) is 0 Å². The fraction of sp³-hybridized carbons (Fsp3) is 1.00. The Labute approximate surface area is 93.4 Å². The van der Waals surface area contributed by atoms with E-state index in [-0.39, 0.29) is 0 Å². The maximum absolute atomic E-state index is 3.73. The van der Waals surface area contributed by atoms with E-state index in [1.165, 1.54) is 31.4 Å². The Morgan fingerprint density at radius 1 is 1.29 bits per heavy atom. The molecule has 0 bridgehead atoms. The van der Waals surface area contributed by atoms with E-state index in [0.29, 0.717) is 10.8 Å². The summed E-state index contributed by atoms with van der Waals surface area (Å²) in [5, 5.41) is 3.73. The van der Waals surface area contributed by atoms with E-state index >= 15 is 0 Å². The molecule has 0 aromatic heterocycles. The maximum Gasteiger partial charge on any atom is 0.0132 e. The zero-order valence-electron chi connectivity index (χ0n) is 10.1. The van der Waals surface area contributed by atoms with Crippen LogP contribution >= 0.6 is 11.8 Å². The molecule has 0 aromatic rings. The lowest BCUT2D eigenvalue weighted by molar-refractivity contribution is 0.474. The summed E-state index contributed by atoms with van der Waals surface area (Å²) in [7, 11) is 0. The van der Waals surface area contributed by atoms with Gasteiger partial charge in [0.05, 0.1) is 0 Å². The third-order valence-corrected chi connectivity index (χ3v) is 4.17. The first-order chi connectivity index (χ1) is 6.47. The molecule has 14 heavy (non-hydrogen) atoms. The summed E-state index contributed by atoms with van der Waals surface area (Å²) < 4.78 is 0.408. The Morgan fingerprint density at radius 3 is 2.36 bits per heavy atom. The highest BCUT2D eigenvalue weighted by molar-refractivity contribution is 8.00. The normalized spacial score (nSPS) is 21.4. The van der Waals surface area contributed by atoms with Gasteiger partial charge in [-0.2, -0.15) is 11.8 Å². The molecule has 1 fully saturated rings. The first-order valence-corrected chi connectivity index (χ1v) is 6.86. The van der Waals surface area contributed by atoms with Crippen molar-refractivity contribution in [2.75, 3.05) is 5.75 Å². The van der Waals surface area contributed by atoms with Gasteiger partial charge >= 0.3 is 0 Å². The lowest BCUT2D eigenvalue weighted by Gasteiger charge is -2.23. The summed E-state index contributed by atoms with van der Waals surface area (Å²) in [5.41, 5.74) is 0. The Bertz CT molecular complexity index is 156. The molecule has 0 aromatic carbocycles. The molecule has 0 aliphatic heterocycles. The number of nitrogens with one attached hydrogen (secondary N) is 1. The predicted molar refractivity (Wildman–Crippen MR) is 67.1 cm³/mol. The second kappa shape index (κ2) is 5.41. The van der Waals surface area contributed by atoms with E-state index in [0.717, 1.165) is 6.04 Å². The first kappa shape index (κ1) is 12.4. The lowest BCUT2D eigenvalue weighted by atomic mass is 10.2. The van der Waals surface area contributed by atoms with Gasteiger partial charge in [-0.25, -0.2) is 0 Å². The molecule has 1 saturated carbocycles. The zero-order chi connectivity index (χ0) is 10.6. The molecule has 1 aliphatic rings. The van der Waals surface area contributed by atoms with Crippen LogP contribution in [0.15, 0.2) is 0 Å². The SMILES string of the molecule is CC(CSC(C)(C)C)NC1CCCC1. The van der Waals surface area contributed by atoms with Gasteiger partial charge in [0, 0.05) is 22.6 Å². The molecular weight excluding hydrogens is 190 g/mol. The molecule has 84 valence electrons. The van der Waals surface area contributed by atoms with Crippen molar-refractivity contribution >= 4 is 11.8 Å². The van der Waals surface area contributed by atoms with E-state index in [2.05, 4.69) is 44.8 Å². The van der Waals surface area contributed by atoms with Gasteiger partial charge in [0.2, 0.25) is 0 Å². The highest BCUT2D eigenvalue weighted by Gasteiger charge is 2.18. The van der Waals surface area contributed by atoms with E-state index in [1.807, 2.05) is 0 Å². The smallest absolute Gasteiger partial charge is 0.0132 e. The lowest BCUT2D eigenvalue weighted by Crippen LogP contribution is -2.36. The standard InChI is InChI=1S/C12H25NS/c1-10(9-14-12(2,3)4)13-11-7-5-6-8-11/h10-11,13H,5-9H2,1-4H3. The molecule has 0 saturated heterocycles. The summed E-state index contributed by atoms with van der Waals surface area (Å²) in [6, 6.07) is 1.48. The van der Waals surface area contributed by atoms with Crippen LogP contribution in [0.3, 0.4) is 0 Å². The molecule has 1 unspecified atom stereocenters. The van der Waals surface area contributed by atoms with Gasteiger partial charge in [-0.1, -0.05) is 33.6 Å². The Kier molecular flexibility index (Phi) is 4.78. The highest BCUT2D eigenvalue weighted by atomic mass is 32.2. The molecule has 1 rings (SSSR count). The molecule has 0 amide bonds. The summed E-state index contributed by atoms with van der Waals surface area (Å²) in [6.45, 7) is 9.19. The Morgan fingerprint density at radius 2 is 1.86 bits per heavy atom. The second-order valence-corrected chi connectivity index (χ2v) is 7.32. The van der Waals surface area contributed by atoms with Crippen molar-refractivity contribution in [3.63, 3.8) is 0 Å². The molecule has 2 heteroatoms. The quantitative estimate of drug-likeness (QED) is 0.771. The van der Waals surface area contributed by atoms with Crippen LogP contribution in [0.5, 0.6) is 0 Å². The zero-order valence-corrected chi connectivity index (χ0v) is 10.9. The minimum atomic E-state index is 0.408. The van der Waals surface area contributed by atoms with E-state index < -0.39 is 0 Å². The van der Waals surface area contributed by atoms with Gasteiger partial charge in [-0.3, -0.25) is 0 Å². The fourth-order valence-electron chi connectivity index (χ4n) is 1.92. The van der Waals surface area contributed by atoms with Crippen LogP contribution in [0, 0.1) is 0 Å². The number of hydrogen-bond donors (Lipinski definition) is 1. The average molecular weight is 215 g/mol. The minimum Gasteiger partial charge on any atom is -0.311 e. The third kappa shape index (κ3) is 5.26. The summed E-state index contributed by atoms with van der Waals surface area (Å²) in [4.78, 5) is 0. The monoisotopic (exact) mass is 215 g/mol. The highest BCUT2D eigenvalue weighted by Crippen LogP contribution is 2.24. The van der Waals surface area contributed by atoms with Gasteiger partial charge in [0.1, 0.15) is 0 Å². The summed E-state index contributed by atoms with van der Waals surface area (Å²) in [5.74, 6) is 1.24. The van der Waals surface area contributed by atoms with Crippen molar-refractivity contribution in [1.82, 2.24) is 5.32 Å². The van der Waals surface area contributed by atoms with Crippen LogP contribution < -0.4 is 5.32 Å². The molecular formula is C12H25NS. The Hall–Kier alpha value is 0.310.